The zero-order valence-electron chi connectivity index (χ0n) is 9.11. The SMILES string of the molecule is c1ccc(CNCCC2CCOC2)cc1. The Kier molecular flexibility index (Phi) is 4.18. The molecule has 1 aliphatic rings. The van der Waals surface area contributed by atoms with Gasteiger partial charge in [-0.25, -0.2) is 0 Å². The number of nitrogens with one attached hydrogen (secondary N) is 1. The van der Waals surface area contributed by atoms with Crippen LogP contribution in [-0.4, -0.2) is 19.8 Å². The molecule has 1 heterocycles. The minimum absolute atomic E-state index is 0.785. The van der Waals surface area contributed by atoms with Crippen molar-refractivity contribution in [2.24, 2.45) is 5.92 Å². The molecule has 1 N–H and O–H groups in total. The molecule has 1 unspecified atom stereocenters. The summed E-state index contributed by atoms with van der Waals surface area (Å²) < 4.78 is 5.34. The first kappa shape index (κ1) is 10.7. The summed E-state index contributed by atoms with van der Waals surface area (Å²) in [5.74, 6) is 0.785. The van der Waals surface area contributed by atoms with Crippen LogP contribution in [0.1, 0.15) is 18.4 Å². The number of hydrogen-bond acceptors (Lipinski definition) is 2. The number of hydrogen-bond donors (Lipinski definition) is 1. The zero-order chi connectivity index (χ0) is 10.3. The fourth-order valence-corrected chi connectivity index (χ4v) is 1.95. The Hall–Kier alpha value is -0.860. The lowest BCUT2D eigenvalue weighted by Gasteiger charge is -2.08. The molecule has 1 aromatic carbocycles. The van der Waals surface area contributed by atoms with E-state index in [9.17, 15) is 0 Å². The van der Waals surface area contributed by atoms with E-state index in [0.29, 0.717) is 0 Å². The van der Waals surface area contributed by atoms with E-state index in [1.54, 1.807) is 0 Å². The van der Waals surface area contributed by atoms with Crippen molar-refractivity contribution in [3.63, 3.8) is 0 Å². The molecule has 15 heavy (non-hydrogen) atoms. The van der Waals surface area contributed by atoms with Crippen molar-refractivity contribution < 1.29 is 4.74 Å². The van der Waals surface area contributed by atoms with E-state index >= 15 is 0 Å². The first-order valence-electron chi connectivity index (χ1n) is 5.77. The van der Waals surface area contributed by atoms with Gasteiger partial charge in [-0.1, -0.05) is 30.3 Å². The van der Waals surface area contributed by atoms with Gasteiger partial charge in [-0.2, -0.15) is 0 Å². The van der Waals surface area contributed by atoms with E-state index in [1.165, 1.54) is 18.4 Å². The molecule has 0 spiro atoms. The van der Waals surface area contributed by atoms with Crippen molar-refractivity contribution in [3.8, 4) is 0 Å². The summed E-state index contributed by atoms with van der Waals surface area (Å²) in [4.78, 5) is 0. The molecule has 0 radical (unpaired) electrons. The minimum atomic E-state index is 0.785. The van der Waals surface area contributed by atoms with Crippen molar-refractivity contribution >= 4 is 0 Å². The minimum Gasteiger partial charge on any atom is -0.381 e. The van der Waals surface area contributed by atoms with Crippen molar-refractivity contribution in [2.45, 2.75) is 19.4 Å². The summed E-state index contributed by atoms with van der Waals surface area (Å²) in [7, 11) is 0. The molecule has 0 bridgehead atoms. The lowest BCUT2D eigenvalue weighted by molar-refractivity contribution is 0.184. The molecule has 2 rings (SSSR count). The highest BCUT2D eigenvalue weighted by Crippen LogP contribution is 2.15. The molecular weight excluding hydrogens is 186 g/mol. The van der Waals surface area contributed by atoms with Crippen LogP contribution < -0.4 is 5.32 Å². The van der Waals surface area contributed by atoms with Crippen molar-refractivity contribution in [2.75, 3.05) is 19.8 Å². The molecule has 2 nitrogen and oxygen atoms in total. The van der Waals surface area contributed by atoms with Crippen LogP contribution in [0.15, 0.2) is 30.3 Å². The first-order valence-corrected chi connectivity index (χ1v) is 5.77. The normalized spacial score (nSPS) is 20.7. The molecule has 1 aromatic rings. The Balaban J connectivity index is 1.59. The molecular formula is C13H19NO. The van der Waals surface area contributed by atoms with Crippen LogP contribution in [-0.2, 0) is 11.3 Å². The van der Waals surface area contributed by atoms with Gasteiger partial charge >= 0.3 is 0 Å². The maximum Gasteiger partial charge on any atom is 0.0495 e. The molecule has 82 valence electrons. The maximum absolute atomic E-state index is 5.34. The van der Waals surface area contributed by atoms with Crippen LogP contribution in [0.3, 0.4) is 0 Å². The number of ether oxygens (including phenoxy) is 1. The zero-order valence-corrected chi connectivity index (χ0v) is 9.11. The molecule has 1 aliphatic heterocycles. The van der Waals surface area contributed by atoms with Gasteiger partial charge in [-0.3, -0.25) is 0 Å². The van der Waals surface area contributed by atoms with Crippen LogP contribution in [0.2, 0.25) is 0 Å². The monoisotopic (exact) mass is 205 g/mol. The lowest BCUT2D eigenvalue weighted by atomic mass is 10.1. The summed E-state index contributed by atoms with van der Waals surface area (Å²) >= 11 is 0. The van der Waals surface area contributed by atoms with Gasteiger partial charge < -0.3 is 10.1 Å². The van der Waals surface area contributed by atoms with Gasteiger partial charge in [-0.15, -0.1) is 0 Å². The van der Waals surface area contributed by atoms with Gasteiger partial charge in [0.25, 0.3) is 0 Å². The van der Waals surface area contributed by atoms with E-state index in [4.69, 9.17) is 4.74 Å². The van der Waals surface area contributed by atoms with Gasteiger partial charge in [0.05, 0.1) is 0 Å². The summed E-state index contributed by atoms with van der Waals surface area (Å²) in [6.07, 6.45) is 2.49. The third-order valence-corrected chi connectivity index (χ3v) is 2.93. The average Bonchev–Trinajstić information content (AvgIpc) is 2.79. The van der Waals surface area contributed by atoms with Gasteiger partial charge in [0.15, 0.2) is 0 Å². The van der Waals surface area contributed by atoms with Crippen LogP contribution in [0, 0.1) is 5.92 Å². The summed E-state index contributed by atoms with van der Waals surface area (Å²) in [6, 6.07) is 10.5. The predicted molar refractivity (Wildman–Crippen MR) is 61.7 cm³/mol. The molecule has 1 atom stereocenters. The maximum atomic E-state index is 5.34. The van der Waals surface area contributed by atoms with Crippen molar-refractivity contribution in [3.05, 3.63) is 35.9 Å². The van der Waals surface area contributed by atoms with E-state index in [0.717, 1.165) is 32.2 Å². The molecule has 1 saturated heterocycles. The second kappa shape index (κ2) is 5.89. The number of benzene rings is 1. The standard InChI is InChI=1S/C13H19NO/c1-2-4-12(5-3-1)10-14-8-6-13-7-9-15-11-13/h1-5,13-14H,6-11H2. The molecule has 0 saturated carbocycles. The molecule has 0 aliphatic carbocycles. The predicted octanol–water partition coefficient (Wildman–Crippen LogP) is 2.20. The first-order chi connectivity index (χ1) is 7.45. The van der Waals surface area contributed by atoms with Crippen LogP contribution in [0.5, 0.6) is 0 Å². The fourth-order valence-electron chi connectivity index (χ4n) is 1.95. The van der Waals surface area contributed by atoms with E-state index in [-0.39, 0.29) is 0 Å². The van der Waals surface area contributed by atoms with Gasteiger partial charge in [0.2, 0.25) is 0 Å². The quantitative estimate of drug-likeness (QED) is 0.744. The highest BCUT2D eigenvalue weighted by Gasteiger charge is 2.14. The lowest BCUT2D eigenvalue weighted by Crippen LogP contribution is -2.17. The Morgan fingerprint density at radius 3 is 2.87 bits per heavy atom. The Labute approximate surface area is 91.6 Å². The Morgan fingerprint density at radius 1 is 1.27 bits per heavy atom. The van der Waals surface area contributed by atoms with Gasteiger partial charge in [0.1, 0.15) is 0 Å². The van der Waals surface area contributed by atoms with Gasteiger partial charge in [-0.05, 0) is 30.9 Å². The fraction of sp³-hybridized carbons (Fsp3) is 0.538. The summed E-state index contributed by atoms with van der Waals surface area (Å²) in [6.45, 7) is 4.01. The Morgan fingerprint density at radius 2 is 2.13 bits per heavy atom. The molecule has 2 heteroatoms. The van der Waals surface area contributed by atoms with Crippen molar-refractivity contribution in [1.82, 2.24) is 5.32 Å². The van der Waals surface area contributed by atoms with Crippen LogP contribution in [0.25, 0.3) is 0 Å². The summed E-state index contributed by atoms with van der Waals surface area (Å²) in [5, 5.41) is 3.47. The largest absolute Gasteiger partial charge is 0.381 e. The number of rotatable bonds is 5. The molecule has 1 fully saturated rings. The van der Waals surface area contributed by atoms with E-state index < -0.39 is 0 Å². The van der Waals surface area contributed by atoms with Crippen molar-refractivity contribution in [1.29, 1.82) is 0 Å². The average molecular weight is 205 g/mol. The second-order valence-electron chi connectivity index (χ2n) is 4.18. The molecule has 0 amide bonds. The highest BCUT2D eigenvalue weighted by atomic mass is 16.5. The second-order valence-corrected chi connectivity index (χ2v) is 4.18. The van der Waals surface area contributed by atoms with E-state index in [1.807, 2.05) is 0 Å². The van der Waals surface area contributed by atoms with Crippen LogP contribution >= 0.6 is 0 Å². The van der Waals surface area contributed by atoms with E-state index in [2.05, 4.69) is 35.6 Å². The summed E-state index contributed by atoms with van der Waals surface area (Å²) in [5.41, 5.74) is 1.36. The van der Waals surface area contributed by atoms with Gasteiger partial charge in [0, 0.05) is 19.8 Å². The smallest absolute Gasteiger partial charge is 0.0495 e. The molecule has 0 aromatic heterocycles. The highest BCUT2D eigenvalue weighted by molar-refractivity contribution is 5.14. The van der Waals surface area contributed by atoms with Crippen LogP contribution in [0.4, 0.5) is 0 Å². The Bertz CT molecular complexity index is 267. The third-order valence-electron chi connectivity index (χ3n) is 2.93. The third kappa shape index (κ3) is 3.65. The topological polar surface area (TPSA) is 21.3 Å².